The molecular formula is C20H17F3N2OS. The Morgan fingerprint density at radius 2 is 1.89 bits per heavy atom. The normalized spacial score (nSPS) is 11.6. The second-order valence-corrected chi connectivity index (χ2v) is 7.37. The van der Waals surface area contributed by atoms with E-state index in [9.17, 15) is 18.0 Å². The number of halogens is 3. The number of nitrogens with two attached hydrogens (primary N) is 1. The maximum absolute atomic E-state index is 12.9. The first-order chi connectivity index (χ1) is 12.6. The van der Waals surface area contributed by atoms with E-state index in [0.717, 1.165) is 38.8 Å². The minimum absolute atomic E-state index is 0.327. The van der Waals surface area contributed by atoms with E-state index in [1.165, 1.54) is 17.4 Å². The van der Waals surface area contributed by atoms with Gasteiger partial charge in [-0.1, -0.05) is 24.3 Å². The van der Waals surface area contributed by atoms with Gasteiger partial charge in [0.25, 0.3) is 0 Å². The molecule has 3 nitrogen and oxygen atoms in total. The van der Waals surface area contributed by atoms with Gasteiger partial charge in [-0.15, -0.1) is 11.3 Å². The van der Waals surface area contributed by atoms with Gasteiger partial charge in [0.1, 0.15) is 0 Å². The molecule has 0 aliphatic carbocycles. The van der Waals surface area contributed by atoms with Crippen LogP contribution in [0, 0.1) is 13.8 Å². The second-order valence-electron chi connectivity index (χ2n) is 6.29. The lowest BCUT2D eigenvalue weighted by molar-refractivity contribution is -0.137. The summed E-state index contributed by atoms with van der Waals surface area (Å²) in [4.78, 5) is 16.8. The highest BCUT2D eigenvalue weighted by Gasteiger charge is 2.30. The van der Waals surface area contributed by atoms with Crippen LogP contribution in [0.1, 0.15) is 37.7 Å². The molecule has 2 N–H and O–H groups in total. The molecule has 1 amide bonds. The average Bonchev–Trinajstić information content (AvgIpc) is 2.94. The molecule has 7 heteroatoms. The topological polar surface area (TPSA) is 56.0 Å². The van der Waals surface area contributed by atoms with Crippen molar-refractivity contribution in [3.05, 3.63) is 75.4 Å². The highest BCUT2D eigenvalue weighted by molar-refractivity contribution is 7.15. The SMILES string of the molecule is Cc1cc(C(N)=O)ccc1-c1sc(Cc2cccc(C(F)(F)F)c2)nc1C. The summed E-state index contributed by atoms with van der Waals surface area (Å²) in [5, 5.41) is 0.736. The van der Waals surface area contributed by atoms with E-state index in [2.05, 4.69) is 4.98 Å². The van der Waals surface area contributed by atoms with Gasteiger partial charge in [-0.2, -0.15) is 13.2 Å². The lowest BCUT2D eigenvalue weighted by Gasteiger charge is -2.07. The van der Waals surface area contributed by atoms with Crippen LogP contribution in [-0.2, 0) is 12.6 Å². The van der Waals surface area contributed by atoms with Gasteiger partial charge >= 0.3 is 6.18 Å². The Balaban J connectivity index is 1.91. The average molecular weight is 390 g/mol. The first-order valence-corrected chi connectivity index (χ1v) is 9.00. The predicted octanol–water partition coefficient (Wildman–Crippen LogP) is 5.14. The molecule has 0 aliphatic heterocycles. The van der Waals surface area contributed by atoms with Gasteiger partial charge in [-0.3, -0.25) is 4.79 Å². The molecule has 0 radical (unpaired) electrons. The van der Waals surface area contributed by atoms with Crippen LogP contribution in [0.25, 0.3) is 10.4 Å². The number of hydrogen-bond donors (Lipinski definition) is 1. The smallest absolute Gasteiger partial charge is 0.366 e. The van der Waals surface area contributed by atoms with Crippen LogP contribution in [0.5, 0.6) is 0 Å². The van der Waals surface area contributed by atoms with Crippen LogP contribution in [0.3, 0.4) is 0 Å². The Morgan fingerprint density at radius 3 is 2.52 bits per heavy atom. The van der Waals surface area contributed by atoms with Crippen LogP contribution >= 0.6 is 11.3 Å². The number of nitrogens with zero attached hydrogens (tertiary/aromatic N) is 1. The molecule has 0 spiro atoms. The minimum atomic E-state index is -4.36. The maximum atomic E-state index is 12.9. The van der Waals surface area contributed by atoms with E-state index in [4.69, 9.17) is 5.73 Å². The van der Waals surface area contributed by atoms with Gasteiger partial charge in [0.15, 0.2) is 0 Å². The summed E-state index contributed by atoms with van der Waals surface area (Å²) in [7, 11) is 0. The van der Waals surface area contributed by atoms with Crippen molar-refractivity contribution in [1.29, 1.82) is 0 Å². The van der Waals surface area contributed by atoms with Crippen molar-refractivity contribution < 1.29 is 18.0 Å². The maximum Gasteiger partial charge on any atom is 0.416 e. The standard InChI is InChI=1S/C20H17F3N2OS/c1-11-8-14(19(24)26)6-7-16(11)18-12(2)25-17(27-18)10-13-4-3-5-15(9-13)20(21,22)23/h3-9H,10H2,1-2H3,(H2,24,26). The van der Waals surface area contributed by atoms with E-state index < -0.39 is 17.6 Å². The monoisotopic (exact) mass is 390 g/mol. The van der Waals surface area contributed by atoms with Gasteiger partial charge in [-0.25, -0.2) is 4.98 Å². The van der Waals surface area contributed by atoms with E-state index in [-0.39, 0.29) is 0 Å². The third-order valence-corrected chi connectivity index (χ3v) is 5.40. The van der Waals surface area contributed by atoms with E-state index >= 15 is 0 Å². The second kappa shape index (κ2) is 7.15. The van der Waals surface area contributed by atoms with Crippen LogP contribution in [0.4, 0.5) is 13.2 Å². The van der Waals surface area contributed by atoms with Crippen molar-refractivity contribution in [3.8, 4) is 10.4 Å². The summed E-state index contributed by atoms with van der Waals surface area (Å²) in [5.74, 6) is -0.490. The fourth-order valence-corrected chi connectivity index (χ4v) is 4.07. The summed E-state index contributed by atoms with van der Waals surface area (Å²) < 4.78 is 38.7. The zero-order valence-electron chi connectivity index (χ0n) is 14.7. The number of thiazole rings is 1. The highest BCUT2D eigenvalue weighted by Crippen LogP contribution is 2.34. The molecule has 0 aliphatic rings. The quantitative estimate of drug-likeness (QED) is 0.671. The lowest BCUT2D eigenvalue weighted by atomic mass is 10.0. The third-order valence-electron chi connectivity index (χ3n) is 4.21. The molecule has 0 fully saturated rings. The molecule has 3 aromatic rings. The zero-order valence-corrected chi connectivity index (χ0v) is 15.5. The summed E-state index contributed by atoms with van der Waals surface area (Å²) in [6.07, 6.45) is -4.03. The van der Waals surface area contributed by atoms with Crippen molar-refractivity contribution in [2.75, 3.05) is 0 Å². The Morgan fingerprint density at radius 1 is 1.15 bits per heavy atom. The van der Waals surface area contributed by atoms with Crippen molar-refractivity contribution >= 4 is 17.2 Å². The summed E-state index contributed by atoms with van der Waals surface area (Å²) in [6, 6.07) is 10.5. The zero-order chi connectivity index (χ0) is 19.8. The number of benzene rings is 2. The summed E-state index contributed by atoms with van der Waals surface area (Å²) in [5.41, 5.74) is 8.27. The van der Waals surface area contributed by atoms with Crippen molar-refractivity contribution in [3.63, 3.8) is 0 Å². The minimum Gasteiger partial charge on any atom is -0.366 e. The molecule has 0 saturated carbocycles. The molecule has 3 rings (SSSR count). The number of carbonyl (C=O) groups excluding carboxylic acids is 1. The van der Waals surface area contributed by atoms with Gasteiger partial charge < -0.3 is 5.73 Å². The van der Waals surface area contributed by atoms with Crippen LogP contribution in [-0.4, -0.2) is 10.9 Å². The van der Waals surface area contributed by atoms with Crippen molar-refractivity contribution in [1.82, 2.24) is 4.98 Å². The Hall–Kier alpha value is -2.67. The molecule has 1 heterocycles. The summed E-state index contributed by atoms with van der Waals surface area (Å²) >= 11 is 1.44. The molecular weight excluding hydrogens is 373 g/mol. The number of carbonyl (C=O) groups is 1. The van der Waals surface area contributed by atoms with Crippen molar-refractivity contribution in [2.24, 2.45) is 5.73 Å². The first kappa shape index (κ1) is 19.1. The fourth-order valence-electron chi connectivity index (χ4n) is 2.88. The molecule has 0 saturated heterocycles. The molecule has 27 heavy (non-hydrogen) atoms. The van der Waals surface area contributed by atoms with Gasteiger partial charge in [0, 0.05) is 12.0 Å². The Labute approximate surface area is 158 Å². The van der Waals surface area contributed by atoms with Gasteiger partial charge in [0.2, 0.25) is 5.91 Å². The fraction of sp³-hybridized carbons (Fsp3) is 0.200. The van der Waals surface area contributed by atoms with Crippen LogP contribution in [0.15, 0.2) is 42.5 Å². The molecule has 0 bridgehead atoms. The van der Waals surface area contributed by atoms with Gasteiger partial charge in [-0.05, 0) is 48.7 Å². The lowest BCUT2D eigenvalue weighted by Crippen LogP contribution is -2.10. The molecule has 0 unspecified atom stereocenters. The summed E-state index contributed by atoms with van der Waals surface area (Å²) in [6.45, 7) is 3.75. The molecule has 1 aromatic heterocycles. The van der Waals surface area contributed by atoms with E-state index in [0.29, 0.717) is 17.5 Å². The number of alkyl halides is 3. The molecule has 2 aromatic carbocycles. The van der Waals surface area contributed by atoms with E-state index in [1.807, 2.05) is 19.9 Å². The van der Waals surface area contributed by atoms with Gasteiger partial charge in [0.05, 0.1) is 21.1 Å². The Bertz CT molecular complexity index is 1010. The number of aryl methyl sites for hydroxylation is 2. The highest BCUT2D eigenvalue weighted by atomic mass is 32.1. The van der Waals surface area contributed by atoms with Crippen LogP contribution in [0.2, 0.25) is 0 Å². The number of aromatic nitrogens is 1. The van der Waals surface area contributed by atoms with Crippen LogP contribution < -0.4 is 5.73 Å². The predicted molar refractivity (Wildman–Crippen MR) is 99.8 cm³/mol. The molecule has 0 atom stereocenters. The number of primary amides is 1. The molecule has 140 valence electrons. The van der Waals surface area contributed by atoms with Crippen molar-refractivity contribution in [2.45, 2.75) is 26.4 Å². The number of amides is 1. The number of hydrogen-bond acceptors (Lipinski definition) is 3. The Kier molecular flexibility index (Phi) is 5.06. The number of rotatable bonds is 4. The third kappa shape index (κ3) is 4.19. The largest absolute Gasteiger partial charge is 0.416 e. The first-order valence-electron chi connectivity index (χ1n) is 8.18. The van der Waals surface area contributed by atoms with E-state index in [1.54, 1.807) is 18.2 Å².